The zero-order valence-electron chi connectivity index (χ0n) is 16.0. The molecule has 1 heterocycles. The Labute approximate surface area is 155 Å². The van der Waals surface area contributed by atoms with Crippen molar-refractivity contribution in [3.63, 3.8) is 0 Å². The number of rotatable bonds is 4. The van der Waals surface area contributed by atoms with Crippen molar-refractivity contribution in [1.29, 1.82) is 0 Å². The van der Waals surface area contributed by atoms with Gasteiger partial charge in [0.2, 0.25) is 0 Å². The van der Waals surface area contributed by atoms with Gasteiger partial charge >= 0.3 is 12.1 Å². The Kier molecular flexibility index (Phi) is 6.29. The van der Waals surface area contributed by atoms with Crippen LogP contribution in [0.25, 0.3) is 0 Å². The van der Waals surface area contributed by atoms with Crippen LogP contribution in [0.15, 0.2) is 30.3 Å². The second kappa shape index (κ2) is 8.08. The smallest absolute Gasteiger partial charge is 0.410 e. The predicted octanol–water partition coefficient (Wildman–Crippen LogP) is 3.13. The standard InChI is InChI=1S/C20H29NO5/c1-15(17(22)25-14-16-8-6-5-7-9-16)20(24)10-12-21(13-11-20)18(23)26-19(2,3)4/h5-9,15,24H,10-14H2,1-4H3. The fraction of sp³-hybridized carbons (Fsp3) is 0.600. The van der Waals surface area contributed by atoms with Gasteiger partial charge in [-0.1, -0.05) is 30.3 Å². The van der Waals surface area contributed by atoms with E-state index in [0.717, 1.165) is 5.56 Å². The number of benzene rings is 1. The molecule has 1 aliphatic rings. The van der Waals surface area contributed by atoms with Crippen molar-refractivity contribution in [1.82, 2.24) is 4.90 Å². The predicted molar refractivity (Wildman–Crippen MR) is 97.4 cm³/mol. The number of aliphatic hydroxyl groups is 1. The molecule has 1 unspecified atom stereocenters. The quantitative estimate of drug-likeness (QED) is 0.832. The van der Waals surface area contributed by atoms with E-state index in [4.69, 9.17) is 9.47 Å². The molecule has 0 aromatic heterocycles. The monoisotopic (exact) mass is 363 g/mol. The minimum atomic E-state index is -1.17. The summed E-state index contributed by atoms with van der Waals surface area (Å²) in [5, 5.41) is 10.9. The van der Waals surface area contributed by atoms with E-state index in [0.29, 0.717) is 25.9 Å². The summed E-state index contributed by atoms with van der Waals surface area (Å²) >= 11 is 0. The third kappa shape index (κ3) is 5.46. The first-order chi connectivity index (χ1) is 12.1. The Bertz CT molecular complexity index is 615. The Hall–Kier alpha value is -2.08. The van der Waals surface area contributed by atoms with Crippen molar-refractivity contribution in [3.05, 3.63) is 35.9 Å². The topological polar surface area (TPSA) is 76.1 Å². The molecule has 6 heteroatoms. The van der Waals surface area contributed by atoms with Crippen LogP contribution in [0.5, 0.6) is 0 Å². The molecule has 0 radical (unpaired) electrons. The first-order valence-corrected chi connectivity index (χ1v) is 9.02. The molecule has 6 nitrogen and oxygen atoms in total. The average Bonchev–Trinajstić information content (AvgIpc) is 2.59. The number of hydrogen-bond acceptors (Lipinski definition) is 5. The molecule has 1 N–H and O–H groups in total. The van der Waals surface area contributed by atoms with Crippen molar-refractivity contribution in [2.45, 2.75) is 58.3 Å². The van der Waals surface area contributed by atoms with Crippen molar-refractivity contribution >= 4 is 12.1 Å². The molecule has 0 saturated carbocycles. The number of esters is 1. The van der Waals surface area contributed by atoms with Crippen LogP contribution in [-0.2, 0) is 20.9 Å². The van der Waals surface area contributed by atoms with Gasteiger partial charge in [-0.05, 0) is 46.1 Å². The fourth-order valence-corrected chi connectivity index (χ4v) is 2.91. The van der Waals surface area contributed by atoms with E-state index in [1.54, 1.807) is 11.8 Å². The summed E-state index contributed by atoms with van der Waals surface area (Å²) in [6, 6.07) is 9.42. The van der Waals surface area contributed by atoms with Crippen LogP contribution in [0.3, 0.4) is 0 Å². The minimum absolute atomic E-state index is 0.185. The lowest BCUT2D eigenvalue weighted by Gasteiger charge is -2.40. The SMILES string of the molecule is CC(C(=O)OCc1ccccc1)C1(O)CCN(C(=O)OC(C)(C)C)CC1. The highest BCUT2D eigenvalue weighted by atomic mass is 16.6. The van der Waals surface area contributed by atoms with Crippen LogP contribution in [0, 0.1) is 5.92 Å². The number of carbonyl (C=O) groups excluding carboxylic acids is 2. The number of likely N-dealkylation sites (tertiary alicyclic amines) is 1. The number of nitrogens with zero attached hydrogens (tertiary/aromatic N) is 1. The number of carbonyl (C=O) groups is 2. The van der Waals surface area contributed by atoms with Gasteiger partial charge in [0.15, 0.2) is 0 Å². The van der Waals surface area contributed by atoms with Crippen LogP contribution in [0.1, 0.15) is 46.1 Å². The van der Waals surface area contributed by atoms with Gasteiger partial charge in [0.25, 0.3) is 0 Å². The molecular weight excluding hydrogens is 334 g/mol. The molecule has 0 spiro atoms. The second-order valence-electron chi connectivity index (χ2n) is 7.89. The minimum Gasteiger partial charge on any atom is -0.461 e. The molecule has 26 heavy (non-hydrogen) atoms. The summed E-state index contributed by atoms with van der Waals surface area (Å²) in [6.07, 6.45) is 0.237. The van der Waals surface area contributed by atoms with E-state index in [2.05, 4.69) is 0 Å². The first kappa shape index (κ1) is 20.2. The summed E-state index contributed by atoms with van der Waals surface area (Å²) in [6.45, 7) is 8.01. The largest absolute Gasteiger partial charge is 0.461 e. The van der Waals surface area contributed by atoms with Crippen LogP contribution in [0.4, 0.5) is 4.79 Å². The molecule has 1 atom stereocenters. The summed E-state index contributed by atoms with van der Waals surface area (Å²) in [5.74, 6) is -1.09. The number of ether oxygens (including phenoxy) is 2. The highest BCUT2D eigenvalue weighted by Crippen LogP contribution is 2.31. The van der Waals surface area contributed by atoms with Gasteiger partial charge in [-0.2, -0.15) is 0 Å². The highest BCUT2D eigenvalue weighted by Gasteiger charge is 2.43. The lowest BCUT2D eigenvalue weighted by Crippen LogP contribution is -2.52. The molecule has 1 saturated heterocycles. The summed E-state index contributed by atoms with van der Waals surface area (Å²) in [5.41, 5.74) is -0.828. The number of amides is 1. The van der Waals surface area contributed by atoms with Gasteiger partial charge in [-0.3, -0.25) is 4.79 Å². The first-order valence-electron chi connectivity index (χ1n) is 9.02. The van der Waals surface area contributed by atoms with E-state index < -0.39 is 23.1 Å². The zero-order valence-corrected chi connectivity index (χ0v) is 16.0. The van der Waals surface area contributed by atoms with Crippen molar-refractivity contribution in [2.24, 2.45) is 5.92 Å². The maximum atomic E-state index is 12.3. The molecule has 0 bridgehead atoms. The molecule has 1 fully saturated rings. The summed E-state index contributed by atoms with van der Waals surface area (Å²) in [4.78, 5) is 26.0. The molecule has 1 amide bonds. The Morgan fingerprint density at radius 3 is 2.31 bits per heavy atom. The van der Waals surface area contributed by atoms with Gasteiger partial charge < -0.3 is 19.5 Å². The van der Waals surface area contributed by atoms with E-state index in [1.165, 1.54) is 0 Å². The molecule has 1 aromatic rings. The average molecular weight is 363 g/mol. The van der Waals surface area contributed by atoms with Crippen LogP contribution < -0.4 is 0 Å². The van der Waals surface area contributed by atoms with E-state index >= 15 is 0 Å². The maximum absolute atomic E-state index is 12.3. The Morgan fingerprint density at radius 1 is 1.19 bits per heavy atom. The molecule has 144 valence electrons. The summed E-state index contributed by atoms with van der Waals surface area (Å²) in [7, 11) is 0. The number of hydrogen-bond donors (Lipinski definition) is 1. The molecule has 1 aromatic carbocycles. The van der Waals surface area contributed by atoms with Crippen LogP contribution in [0.2, 0.25) is 0 Å². The van der Waals surface area contributed by atoms with Crippen LogP contribution in [-0.4, -0.2) is 46.4 Å². The van der Waals surface area contributed by atoms with E-state index in [1.807, 2.05) is 51.1 Å². The zero-order chi connectivity index (χ0) is 19.4. The van der Waals surface area contributed by atoms with E-state index in [9.17, 15) is 14.7 Å². The Balaban J connectivity index is 1.86. The second-order valence-corrected chi connectivity index (χ2v) is 7.89. The van der Waals surface area contributed by atoms with Crippen molar-refractivity contribution < 1.29 is 24.2 Å². The van der Waals surface area contributed by atoms with Crippen molar-refractivity contribution in [3.8, 4) is 0 Å². The number of piperidine rings is 1. The maximum Gasteiger partial charge on any atom is 0.410 e. The fourth-order valence-electron chi connectivity index (χ4n) is 2.91. The molecule has 1 aliphatic heterocycles. The van der Waals surface area contributed by atoms with E-state index in [-0.39, 0.29) is 12.7 Å². The normalized spacial score (nSPS) is 18.1. The lowest BCUT2D eigenvalue weighted by atomic mass is 9.80. The van der Waals surface area contributed by atoms with Crippen LogP contribution >= 0.6 is 0 Å². The third-order valence-corrected chi connectivity index (χ3v) is 4.66. The third-order valence-electron chi connectivity index (χ3n) is 4.66. The van der Waals surface area contributed by atoms with Gasteiger partial charge in [0.1, 0.15) is 12.2 Å². The molecule has 2 rings (SSSR count). The lowest BCUT2D eigenvalue weighted by molar-refractivity contribution is -0.162. The Morgan fingerprint density at radius 2 is 1.77 bits per heavy atom. The van der Waals surface area contributed by atoms with Crippen molar-refractivity contribution in [2.75, 3.05) is 13.1 Å². The highest BCUT2D eigenvalue weighted by molar-refractivity contribution is 5.74. The summed E-state index contributed by atoms with van der Waals surface area (Å²) < 4.78 is 10.7. The molecule has 0 aliphatic carbocycles. The van der Waals surface area contributed by atoms with Gasteiger partial charge in [0, 0.05) is 13.1 Å². The van der Waals surface area contributed by atoms with Gasteiger partial charge in [0.05, 0.1) is 11.5 Å². The van der Waals surface area contributed by atoms with Gasteiger partial charge in [-0.15, -0.1) is 0 Å². The molecular formula is C20H29NO5. The van der Waals surface area contributed by atoms with Gasteiger partial charge in [-0.25, -0.2) is 4.79 Å².